The molecule has 0 atom stereocenters. The highest BCUT2D eigenvalue weighted by atomic mass is 32.1. The van der Waals surface area contributed by atoms with E-state index >= 15 is 0 Å². The lowest BCUT2D eigenvalue weighted by molar-refractivity contribution is -0.136. The normalized spacial score (nSPS) is 11.9. The minimum atomic E-state index is -4.46. The molecular weight excluding hydrogens is 339 g/mol. The van der Waals surface area contributed by atoms with Gasteiger partial charge in [-0.2, -0.15) is 13.2 Å². The molecule has 0 saturated heterocycles. The Balaban J connectivity index is 2.07. The lowest BCUT2D eigenvalue weighted by Gasteiger charge is -2.16. The van der Waals surface area contributed by atoms with E-state index < -0.39 is 11.7 Å². The molecule has 0 spiro atoms. The molecule has 4 nitrogen and oxygen atoms in total. The SMILES string of the molecule is CC(C)Oc1ccccc1Nc1ncnc2scc(C(F)(F)F)c12. The molecule has 0 aliphatic rings. The van der Waals surface area contributed by atoms with E-state index in [1.54, 1.807) is 24.3 Å². The van der Waals surface area contributed by atoms with Crippen LogP contribution in [0.4, 0.5) is 24.7 Å². The number of fused-ring (bicyclic) bond motifs is 1. The summed E-state index contributed by atoms with van der Waals surface area (Å²) >= 11 is 0.938. The Hall–Kier alpha value is -2.35. The van der Waals surface area contributed by atoms with Gasteiger partial charge in [-0.15, -0.1) is 11.3 Å². The highest BCUT2D eigenvalue weighted by Crippen LogP contribution is 2.41. The third-order valence-electron chi connectivity index (χ3n) is 3.18. The van der Waals surface area contributed by atoms with E-state index in [-0.39, 0.29) is 22.1 Å². The Morgan fingerprint density at radius 1 is 1.17 bits per heavy atom. The van der Waals surface area contributed by atoms with Crippen LogP contribution in [-0.4, -0.2) is 16.1 Å². The number of aromatic nitrogens is 2. The summed E-state index contributed by atoms with van der Waals surface area (Å²) in [5.74, 6) is 0.649. The molecule has 3 aromatic rings. The van der Waals surface area contributed by atoms with E-state index in [0.717, 1.165) is 16.7 Å². The van der Waals surface area contributed by atoms with Crippen molar-refractivity contribution in [1.29, 1.82) is 0 Å². The van der Waals surface area contributed by atoms with Crippen LogP contribution in [0, 0.1) is 0 Å². The average molecular weight is 353 g/mol. The van der Waals surface area contributed by atoms with Crippen LogP contribution in [-0.2, 0) is 6.18 Å². The fraction of sp³-hybridized carbons (Fsp3) is 0.250. The first-order chi connectivity index (χ1) is 11.4. The second-order valence-corrected chi connectivity index (χ2v) is 6.20. The summed E-state index contributed by atoms with van der Waals surface area (Å²) < 4.78 is 45.3. The zero-order valence-corrected chi connectivity index (χ0v) is 13.7. The van der Waals surface area contributed by atoms with Gasteiger partial charge in [0.1, 0.15) is 22.7 Å². The molecule has 0 amide bonds. The summed E-state index contributed by atoms with van der Waals surface area (Å²) in [5, 5.41) is 3.97. The number of thiophene rings is 1. The molecule has 0 fully saturated rings. The van der Waals surface area contributed by atoms with E-state index in [1.165, 1.54) is 6.33 Å². The topological polar surface area (TPSA) is 47.0 Å². The Morgan fingerprint density at radius 3 is 2.62 bits per heavy atom. The van der Waals surface area contributed by atoms with Gasteiger partial charge in [0.25, 0.3) is 0 Å². The monoisotopic (exact) mass is 353 g/mol. The molecule has 0 unspecified atom stereocenters. The van der Waals surface area contributed by atoms with Crippen molar-refractivity contribution in [3.05, 3.63) is 41.5 Å². The summed E-state index contributed by atoms with van der Waals surface area (Å²) in [6.07, 6.45) is -3.29. The van der Waals surface area contributed by atoms with Gasteiger partial charge in [-0.3, -0.25) is 0 Å². The van der Waals surface area contributed by atoms with Crippen molar-refractivity contribution in [1.82, 2.24) is 9.97 Å². The lowest BCUT2D eigenvalue weighted by atomic mass is 10.2. The first-order valence-corrected chi connectivity index (χ1v) is 8.06. The van der Waals surface area contributed by atoms with Crippen molar-refractivity contribution in [2.75, 3.05) is 5.32 Å². The minimum Gasteiger partial charge on any atom is -0.489 e. The van der Waals surface area contributed by atoms with E-state index in [1.807, 2.05) is 13.8 Å². The van der Waals surface area contributed by atoms with Gasteiger partial charge >= 0.3 is 6.18 Å². The first-order valence-electron chi connectivity index (χ1n) is 7.18. The van der Waals surface area contributed by atoms with Crippen molar-refractivity contribution >= 4 is 33.1 Å². The molecule has 0 bridgehead atoms. The van der Waals surface area contributed by atoms with Gasteiger partial charge in [0.05, 0.1) is 22.7 Å². The molecule has 0 saturated carbocycles. The standard InChI is InChI=1S/C16H14F3N3OS/c1-9(2)23-12-6-4-3-5-11(12)22-14-13-10(16(17,18)19)7-24-15(13)21-8-20-14/h3-9H,1-2H3,(H,20,21,22). The van der Waals surface area contributed by atoms with Gasteiger partial charge in [0.2, 0.25) is 0 Å². The number of nitrogens with one attached hydrogen (secondary N) is 1. The van der Waals surface area contributed by atoms with Crippen LogP contribution in [0.5, 0.6) is 5.75 Å². The highest BCUT2D eigenvalue weighted by molar-refractivity contribution is 7.17. The molecule has 0 radical (unpaired) electrons. The summed E-state index contributed by atoms with van der Waals surface area (Å²) in [7, 11) is 0. The van der Waals surface area contributed by atoms with Gasteiger partial charge in [-0.05, 0) is 26.0 Å². The first kappa shape index (κ1) is 16.5. The number of ether oxygens (including phenoxy) is 1. The fourth-order valence-electron chi connectivity index (χ4n) is 2.23. The molecule has 2 aromatic heterocycles. The molecule has 1 aromatic carbocycles. The van der Waals surface area contributed by atoms with Crippen molar-refractivity contribution in [2.45, 2.75) is 26.1 Å². The second-order valence-electron chi connectivity index (χ2n) is 5.34. The predicted octanol–water partition coefficient (Wildman–Crippen LogP) is 5.24. The predicted molar refractivity (Wildman–Crippen MR) is 87.9 cm³/mol. The van der Waals surface area contributed by atoms with Crippen molar-refractivity contribution < 1.29 is 17.9 Å². The number of halogens is 3. The maximum Gasteiger partial charge on any atom is 0.418 e. The molecule has 8 heteroatoms. The minimum absolute atomic E-state index is 0.0330. The zero-order valence-electron chi connectivity index (χ0n) is 12.9. The Bertz CT molecular complexity index is 861. The van der Waals surface area contributed by atoms with Gasteiger partial charge in [-0.25, -0.2) is 9.97 Å². The molecule has 3 rings (SSSR count). The van der Waals surface area contributed by atoms with Crippen LogP contribution in [0.15, 0.2) is 36.0 Å². The molecule has 1 N–H and O–H groups in total. The number of rotatable bonds is 4. The summed E-state index contributed by atoms with van der Waals surface area (Å²) in [6.45, 7) is 3.75. The fourth-order valence-corrected chi connectivity index (χ4v) is 3.15. The van der Waals surface area contributed by atoms with Gasteiger partial charge in [0, 0.05) is 5.38 Å². The quantitative estimate of drug-likeness (QED) is 0.697. The zero-order chi connectivity index (χ0) is 17.3. The van der Waals surface area contributed by atoms with Crippen LogP contribution >= 0.6 is 11.3 Å². The van der Waals surface area contributed by atoms with E-state index in [9.17, 15) is 13.2 Å². The van der Waals surface area contributed by atoms with Crippen LogP contribution in [0.3, 0.4) is 0 Å². The van der Waals surface area contributed by atoms with Crippen molar-refractivity contribution in [3.63, 3.8) is 0 Å². The number of para-hydroxylation sites is 2. The second kappa shape index (κ2) is 6.27. The third kappa shape index (κ3) is 3.28. The number of alkyl halides is 3. The van der Waals surface area contributed by atoms with Gasteiger partial charge in [0.15, 0.2) is 0 Å². The highest BCUT2D eigenvalue weighted by Gasteiger charge is 2.35. The number of anilines is 2. The molecular formula is C16H14F3N3OS. The Labute approximate surface area is 140 Å². The van der Waals surface area contributed by atoms with Crippen LogP contribution in [0.1, 0.15) is 19.4 Å². The summed E-state index contributed by atoms with van der Waals surface area (Å²) in [5.41, 5.74) is -0.196. The molecule has 126 valence electrons. The van der Waals surface area contributed by atoms with E-state index in [2.05, 4.69) is 15.3 Å². The van der Waals surface area contributed by atoms with Crippen molar-refractivity contribution in [2.24, 2.45) is 0 Å². The largest absolute Gasteiger partial charge is 0.489 e. The number of hydrogen-bond donors (Lipinski definition) is 1. The van der Waals surface area contributed by atoms with Crippen LogP contribution in [0.2, 0.25) is 0 Å². The van der Waals surface area contributed by atoms with Gasteiger partial charge < -0.3 is 10.1 Å². The number of nitrogens with zero attached hydrogens (tertiary/aromatic N) is 2. The van der Waals surface area contributed by atoms with E-state index in [0.29, 0.717) is 11.4 Å². The maximum atomic E-state index is 13.2. The average Bonchev–Trinajstić information content (AvgIpc) is 2.94. The lowest BCUT2D eigenvalue weighted by Crippen LogP contribution is -2.08. The molecule has 2 heterocycles. The van der Waals surface area contributed by atoms with Gasteiger partial charge in [-0.1, -0.05) is 12.1 Å². The summed E-state index contributed by atoms with van der Waals surface area (Å²) in [4.78, 5) is 8.20. The maximum absolute atomic E-state index is 13.2. The number of hydrogen-bond acceptors (Lipinski definition) is 5. The smallest absolute Gasteiger partial charge is 0.418 e. The molecule has 24 heavy (non-hydrogen) atoms. The third-order valence-corrected chi connectivity index (χ3v) is 4.06. The molecule has 0 aliphatic carbocycles. The Morgan fingerprint density at radius 2 is 1.92 bits per heavy atom. The van der Waals surface area contributed by atoms with Crippen LogP contribution < -0.4 is 10.1 Å². The Kier molecular flexibility index (Phi) is 4.31. The number of benzene rings is 1. The molecule has 0 aliphatic heterocycles. The van der Waals surface area contributed by atoms with E-state index in [4.69, 9.17) is 4.74 Å². The van der Waals surface area contributed by atoms with Crippen molar-refractivity contribution in [3.8, 4) is 5.75 Å². The van der Waals surface area contributed by atoms with Crippen LogP contribution in [0.25, 0.3) is 10.2 Å². The summed E-state index contributed by atoms with van der Waals surface area (Å²) in [6, 6.07) is 7.04.